The molecule has 0 aliphatic rings. The number of anilines is 5. The molecule has 0 spiro atoms. The van der Waals surface area contributed by atoms with Gasteiger partial charge in [-0.25, -0.2) is 5.43 Å². The summed E-state index contributed by atoms with van der Waals surface area (Å²) in [6.07, 6.45) is 1.41. The Hall–Kier alpha value is -6.18. The van der Waals surface area contributed by atoms with Gasteiger partial charge in [-0.15, -0.1) is 0 Å². The van der Waals surface area contributed by atoms with Crippen LogP contribution >= 0.6 is 0 Å². The fourth-order valence-electron chi connectivity index (χ4n) is 3.79. The Bertz CT molecular complexity index is 1800. The molecule has 0 saturated carbocycles. The van der Waals surface area contributed by atoms with Gasteiger partial charge in [0.25, 0.3) is 11.4 Å². The Balaban J connectivity index is 1.36. The van der Waals surface area contributed by atoms with Gasteiger partial charge in [-0.1, -0.05) is 18.2 Å². The third-order valence-corrected chi connectivity index (χ3v) is 6.06. The van der Waals surface area contributed by atoms with E-state index in [1.54, 1.807) is 36.4 Å². The van der Waals surface area contributed by atoms with Crippen LogP contribution < -0.4 is 16.1 Å². The number of hydrazone groups is 1. The maximum Gasteiger partial charge on any atom is 0.270 e. The maximum atomic E-state index is 11.1. The van der Waals surface area contributed by atoms with E-state index in [1.807, 2.05) is 32.0 Å². The summed E-state index contributed by atoms with van der Waals surface area (Å²) in [4.78, 5) is 34.3. The van der Waals surface area contributed by atoms with Crippen LogP contribution in [-0.4, -0.2) is 31.0 Å². The number of nitro groups is 2. The summed E-state index contributed by atoms with van der Waals surface area (Å²) in [6.45, 7) is 4.01. The largest absolute Gasteiger partial charge is 0.455 e. The van der Waals surface area contributed by atoms with E-state index in [2.05, 4.69) is 36.1 Å². The third kappa shape index (κ3) is 6.69. The molecule has 0 bridgehead atoms. The van der Waals surface area contributed by atoms with Crippen molar-refractivity contribution in [3.63, 3.8) is 0 Å². The van der Waals surface area contributed by atoms with Gasteiger partial charge >= 0.3 is 0 Å². The fourth-order valence-corrected chi connectivity index (χ4v) is 3.79. The quantitative estimate of drug-likeness (QED) is 0.0953. The van der Waals surface area contributed by atoms with Gasteiger partial charge in [0.15, 0.2) is 0 Å². The lowest BCUT2D eigenvalue weighted by Crippen LogP contribution is -2.07. The summed E-state index contributed by atoms with van der Waals surface area (Å²) < 4.78 is 5.76. The highest BCUT2D eigenvalue weighted by molar-refractivity contribution is 5.78. The van der Waals surface area contributed by atoms with Gasteiger partial charge in [0, 0.05) is 41.2 Å². The molecule has 0 amide bonds. The summed E-state index contributed by atoms with van der Waals surface area (Å²) in [5.41, 5.74) is 6.74. The molecular formula is C28H23N9O5. The molecule has 5 aromatic rings. The van der Waals surface area contributed by atoms with Crippen molar-refractivity contribution in [1.82, 2.24) is 15.0 Å². The Morgan fingerprint density at radius 2 is 1.40 bits per heavy atom. The van der Waals surface area contributed by atoms with Crippen molar-refractivity contribution >= 4 is 46.8 Å². The SMILES string of the molecule is Cc1ccc(Nc2nc(N/N=C/c3ccc(-c4cccc([N+](=O)[O-])c4)o3)nc(Nc3ccc([N+](=O)[O-])cc3)n2)cc1C. The minimum absolute atomic E-state index is 0.0426. The van der Waals surface area contributed by atoms with Crippen LogP contribution in [0.4, 0.5) is 40.6 Å². The van der Waals surface area contributed by atoms with E-state index >= 15 is 0 Å². The molecule has 2 heterocycles. The summed E-state index contributed by atoms with van der Waals surface area (Å²) in [5, 5.41) is 32.4. The normalized spacial score (nSPS) is 10.9. The van der Waals surface area contributed by atoms with Crippen LogP contribution in [0, 0.1) is 34.1 Å². The average Bonchev–Trinajstić information content (AvgIpc) is 3.44. The number of aromatic nitrogens is 3. The molecular weight excluding hydrogens is 542 g/mol. The van der Waals surface area contributed by atoms with Crippen LogP contribution in [0.5, 0.6) is 0 Å². The second-order valence-electron chi connectivity index (χ2n) is 9.04. The summed E-state index contributed by atoms with van der Waals surface area (Å²) in [7, 11) is 0. The first kappa shape index (κ1) is 27.4. The Labute approximate surface area is 238 Å². The van der Waals surface area contributed by atoms with Crippen LogP contribution in [0.15, 0.2) is 88.4 Å². The van der Waals surface area contributed by atoms with E-state index in [-0.39, 0.29) is 29.2 Å². The van der Waals surface area contributed by atoms with Crippen molar-refractivity contribution in [2.24, 2.45) is 5.10 Å². The molecule has 0 saturated heterocycles. The maximum absolute atomic E-state index is 11.1. The van der Waals surface area contributed by atoms with Crippen molar-refractivity contribution in [3.05, 3.63) is 116 Å². The summed E-state index contributed by atoms with van der Waals surface area (Å²) in [5.74, 6) is 1.31. The first-order valence-corrected chi connectivity index (χ1v) is 12.5. The number of nitrogens with zero attached hydrogens (tertiary/aromatic N) is 6. The predicted molar refractivity (Wildman–Crippen MR) is 157 cm³/mol. The summed E-state index contributed by atoms with van der Waals surface area (Å²) >= 11 is 0. The van der Waals surface area contributed by atoms with E-state index in [0.29, 0.717) is 22.8 Å². The van der Waals surface area contributed by atoms with Crippen LogP contribution in [0.2, 0.25) is 0 Å². The molecule has 210 valence electrons. The number of benzene rings is 3. The standard InChI is InChI=1S/C28H23N9O5/c1-17-6-7-21(14-18(17)2)31-27-32-26(30-20-8-10-22(11-9-20)36(38)39)33-28(34-27)35-29-16-24-12-13-25(42-24)19-4-3-5-23(15-19)37(40)41/h3-16H,1-2H3,(H3,30,31,32,33,34,35)/b29-16+. The highest BCUT2D eigenvalue weighted by Crippen LogP contribution is 2.26. The van der Waals surface area contributed by atoms with E-state index in [4.69, 9.17) is 4.42 Å². The molecule has 5 rings (SSSR count). The Morgan fingerprint density at radius 1 is 0.738 bits per heavy atom. The molecule has 14 heteroatoms. The third-order valence-electron chi connectivity index (χ3n) is 6.06. The molecule has 0 unspecified atom stereocenters. The zero-order chi connectivity index (χ0) is 29.6. The number of nitro benzene ring substituents is 2. The number of hydrogen-bond donors (Lipinski definition) is 3. The minimum atomic E-state index is -0.482. The smallest absolute Gasteiger partial charge is 0.270 e. The van der Waals surface area contributed by atoms with Gasteiger partial charge < -0.3 is 15.1 Å². The molecule has 42 heavy (non-hydrogen) atoms. The number of hydrogen-bond acceptors (Lipinski definition) is 12. The van der Waals surface area contributed by atoms with Crippen molar-refractivity contribution < 1.29 is 14.3 Å². The molecule has 0 atom stereocenters. The Morgan fingerprint density at radius 3 is 2.10 bits per heavy atom. The van der Waals surface area contributed by atoms with Crippen molar-refractivity contribution in [1.29, 1.82) is 0 Å². The van der Waals surface area contributed by atoms with Crippen LogP contribution in [0.25, 0.3) is 11.3 Å². The highest BCUT2D eigenvalue weighted by atomic mass is 16.6. The molecule has 0 aliphatic carbocycles. The van der Waals surface area contributed by atoms with Gasteiger partial charge in [0.2, 0.25) is 17.8 Å². The molecule has 14 nitrogen and oxygen atoms in total. The highest BCUT2D eigenvalue weighted by Gasteiger charge is 2.11. The summed E-state index contributed by atoms with van der Waals surface area (Å²) in [6, 6.07) is 21.1. The average molecular weight is 566 g/mol. The topological polar surface area (TPSA) is 187 Å². The first-order chi connectivity index (χ1) is 20.2. The fraction of sp³-hybridized carbons (Fsp3) is 0.0714. The Kier molecular flexibility index (Phi) is 7.77. The zero-order valence-corrected chi connectivity index (χ0v) is 22.3. The van der Waals surface area contributed by atoms with Crippen LogP contribution in [0.3, 0.4) is 0 Å². The van der Waals surface area contributed by atoms with Crippen molar-refractivity contribution in [2.75, 3.05) is 16.1 Å². The molecule has 0 fully saturated rings. The van der Waals surface area contributed by atoms with Crippen molar-refractivity contribution in [2.45, 2.75) is 13.8 Å². The van der Waals surface area contributed by atoms with E-state index < -0.39 is 9.85 Å². The minimum Gasteiger partial charge on any atom is -0.455 e. The van der Waals surface area contributed by atoms with Crippen LogP contribution in [-0.2, 0) is 0 Å². The van der Waals surface area contributed by atoms with E-state index in [9.17, 15) is 20.2 Å². The van der Waals surface area contributed by atoms with Gasteiger partial charge in [-0.2, -0.15) is 20.1 Å². The lowest BCUT2D eigenvalue weighted by Gasteiger charge is -2.11. The molecule has 3 N–H and O–H groups in total. The molecule has 0 aliphatic heterocycles. The second-order valence-corrected chi connectivity index (χ2v) is 9.04. The first-order valence-electron chi connectivity index (χ1n) is 12.5. The second kappa shape index (κ2) is 11.9. The molecule has 0 radical (unpaired) electrons. The van der Waals surface area contributed by atoms with E-state index in [1.165, 1.54) is 30.5 Å². The van der Waals surface area contributed by atoms with Crippen LogP contribution in [0.1, 0.15) is 16.9 Å². The zero-order valence-electron chi connectivity index (χ0n) is 22.3. The molecule has 2 aromatic heterocycles. The van der Waals surface area contributed by atoms with Crippen molar-refractivity contribution in [3.8, 4) is 11.3 Å². The van der Waals surface area contributed by atoms with Gasteiger partial charge in [0.1, 0.15) is 11.5 Å². The number of rotatable bonds is 10. The number of furan rings is 1. The number of non-ortho nitro benzene ring substituents is 2. The monoisotopic (exact) mass is 565 g/mol. The van der Waals surface area contributed by atoms with Gasteiger partial charge in [-0.3, -0.25) is 20.2 Å². The lowest BCUT2D eigenvalue weighted by molar-refractivity contribution is -0.385. The number of aryl methyl sites for hydroxylation is 2. The molecule has 3 aromatic carbocycles. The van der Waals surface area contributed by atoms with Gasteiger partial charge in [-0.05, 0) is 61.4 Å². The van der Waals surface area contributed by atoms with Gasteiger partial charge in [0.05, 0.1) is 16.1 Å². The predicted octanol–water partition coefficient (Wildman–Crippen LogP) is 6.50. The number of nitrogens with one attached hydrogen (secondary N) is 3. The van der Waals surface area contributed by atoms with E-state index in [0.717, 1.165) is 16.8 Å². The lowest BCUT2D eigenvalue weighted by atomic mass is 10.1.